The summed E-state index contributed by atoms with van der Waals surface area (Å²) in [6.45, 7) is -0.592. The summed E-state index contributed by atoms with van der Waals surface area (Å²) in [5.74, 6) is -1.79. The average Bonchev–Trinajstić information content (AvgIpc) is 2.26. The lowest BCUT2D eigenvalue weighted by atomic mass is 10.3. The van der Waals surface area contributed by atoms with Gasteiger partial charge >= 0.3 is 0 Å². The van der Waals surface area contributed by atoms with Crippen molar-refractivity contribution in [3.8, 4) is 0 Å². The van der Waals surface area contributed by atoms with Crippen LogP contribution in [0.2, 0.25) is 0 Å². The number of hydrazone groups is 1. The van der Waals surface area contributed by atoms with E-state index in [-0.39, 0.29) is 13.1 Å². The highest BCUT2D eigenvalue weighted by Crippen LogP contribution is 2.08. The first-order valence-electron chi connectivity index (χ1n) is 5.97. The van der Waals surface area contributed by atoms with E-state index in [1.807, 2.05) is 0 Å². The van der Waals surface area contributed by atoms with Crippen LogP contribution in [0.3, 0.4) is 0 Å². The molecule has 0 radical (unpaired) electrons. The molecule has 11 nitrogen and oxygen atoms in total. The second kappa shape index (κ2) is 7.34. The molecule has 4 N–H and O–H groups in total. The molecule has 0 amide bonds. The summed E-state index contributed by atoms with van der Waals surface area (Å²) < 4.78 is 60.0. The van der Waals surface area contributed by atoms with Crippen molar-refractivity contribution in [3.05, 3.63) is 12.3 Å². The Morgan fingerprint density at radius 1 is 0.955 bits per heavy atom. The van der Waals surface area contributed by atoms with Crippen LogP contribution < -0.4 is 0 Å². The molecule has 1 aliphatic heterocycles. The summed E-state index contributed by atoms with van der Waals surface area (Å²) in [4.78, 5) is 0. The SMILES string of the molecule is O=S(=O)(O)CC(O)CN1C=CC=NN1CC(O)CS(=O)(=O)O. The number of nitrogens with zero attached hydrogens (tertiary/aromatic N) is 3. The molecule has 128 valence electrons. The summed E-state index contributed by atoms with van der Waals surface area (Å²) in [5.41, 5.74) is 0. The number of rotatable bonds is 8. The lowest BCUT2D eigenvalue weighted by molar-refractivity contribution is -0.0339. The molecule has 2 unspecified atom stereocenters. The van der Waals surface area contributed by atoms with Crippen LogP contribution in [-0.2, 0) is 20.2 Å². The second-order valence-electron chi connectivity index (χ2n) is 4.59. The van der Waals surface area contributed by atoms with Crippen molar-refractivity contribution < 1.29 is 36.2 Å². The van der Waals surface area contributed by atoms with Crippen LogP contribution >= 0.6 is 0 Å². The Balaban J connectivity index is 2.65. The second-order valence-corrected chi connectivity index (χ2v) is 7.58. The molecular formula is C9H17N3O8S2. The van der Waals surface area contributed by atoms with Crippen LogP contribution in [-0.4, -0.2) is 89.3 Å². The molecule has 1 rings (SSSR count). The van der Waals surface area contributed by atoms with Crippen molar-refractivity contribution in [2.45, 2.75) is 12.2 Å². The topological polar surface area (TPSA) is 168 Å². The van der Waals surface area contributed by atoms with Crippen LogP contribution in [0, 0.1) is 0 Å². The molecule has 1 aliphatic rings. The summed E-state index contributed by atoms with van der Waals surface area (Å²) in [6.07, 6.45) is 1.30. The molecule has 0 aromatic heterocycles. The van der Waals surface area contributed by atoms with Gasteiger partial charge in [-0.2, -0.15) is 21.9 Å². The smallest absolute Gasteiger partial charge is 0.267 e. The normalized spacial score (nSPS) is 18.5. The Bertz CT molecular complexity index is 573. The maximum Gasteiger partial charge on any atom is 0.267 e. The summed E-state index contributed by atoms with van der Waals surface area (Å²) in [6, 6.07) is 0. The van der Waals surface area contributed by atoms with E-state index in [9.17, 15) is 27.0 Å². The minimum atomic E-state index is -4.37. The zero-order chi connectivity index (χ0) is 17.0. The van der Waals surface area contributed by atoms with E-state index >= 15 is 0 Å². The fraction of sp³-hybridized carbons (Fsp3) is 0.667. The maximum absolute atomic E-state index is 10.7. The number of β-amino-alcohol motifs (C(OH)–C–C–N with tert-alkyl or cyclic N) is 2. The van der Waals surface area contributed by atoms with Crippen molar-refractivity contribution in [3.63, 3.8) is 0 Å². The molecule has 2 atom stereocenters. The van der Waals surface area contributed by atoms with E-state index in [2.05, 4.69) is 5.10 Å². The lowest BCUT2D eigenvalue weighted by Crippen LogP contribution is -2.46. The van der Waals surface area contributed by atoms with Crippen LogP contribution in [0.15, 0.2) is 17.4 Å². The molecule has 0 aromatic rings. The van der Waals surface area contributed by atoms with Gasteiger partial charge in [0, 0.05) is 6.20 Å². The van der Waals surface area contributed by atoms with Gasteiger partial charge in [0.15, 0.2) is 0 Å². The predicted octanol–water partition coefficient (Wildman–Crippen LogP) is -2.48. The van der Waals surface area contributed by atoms with E-state index < -0.39 is 43.9 Å². The zero-order valence-electron chi connectivity index (χ0n) is 11.3. The highest BCUT2D eigenvalue weighted by Gasteiger charge is 2.23. The van der Waals surface area contributed by atoms with Crippen molar-refractivity contribution in [1.29, 1.82) is 0 Å². The minimum Gasteiger partial charge on any atom is -0.390 e. The van der Waals surface area contributed by atoms with Crippen molar-refractivity contribution in [1.82, 2.24) is 10.1 Å². The third-order valence-electron chi connectivity index (χ3n) is 2.42. The predicted molar refractivity (Wildman–Crippen MR) is 75.9 cm³/mol. The van der Waals surface area contributed by atoms with Crippen LogP contribution in [0.5, 0.6) is 0 Å². The van der Waals surface area contributed by atoms with Gasteiger partial charge in [-0.05, 0) is 6.08 Å². The first-order chi connectivity index (χ1) is 9.96. The largest absolute Gasteiger partial charge is 0.390 e. The average molecular weight is 359 g/mol. The molecule has 0 fully saturated rings. The summed E-state index contributed by atoms with van der Waals surface area (Å²) in [7, 11) is -8.72. The highest BCUT2D eigenvalue weighted by atomic mass is 32.2. The van der Waals surface area contributed by atoms with Crippen LogP contribution in [0.1, 0.15) is 0 Å². The van der Waals surface area contributed by atoms with E-state index in [1.54, 1.807) is 0 Å². The highest BCUT2D eigenvalue weighted by molar-refractivity contribution is 7.86. The Morgan fingerprint density at radius 2 is 1.45 bits per heavy atom. The Labute approximate surface area is 127 Å². The van der Waals surface area contributed by atoms with E-state index in [0.717, 1.165) is 5.12 Å². The van der Waals surface area contributed by atoms with Gasteiger partial charge < -0.3 is 10.2 Å². The number of aliphatic hydroxyl groups is 2. The fourth-order valence-electron chi connectivity index (χ4n) is 1.70. The monoisotopic (exact) mass is 359 g/mol. The van der Waals surface area contributed by atoms with Gasteiger partial charge in [-0.1, -0.05) is 0 Å². The van der Waals surface area contributed by atoms with E-state index in [4.69, 9.17) is 9.11 Å². The first kappa shape index (κ1) is 18.8. The Kier molecular flexibility index (Phi) is 6.27. The number of hydrazine groups is 1. The number of allylic oxidation sites excluding steroid dienone is 1. The fourth-order valence-corrected chi connectivity index (χ4v) is 2.88. The van der Waals surface area contributed by atoms with Gasteiger partial charge in [0.25, 0.3) is 20.2 Å². The standard InChI is InChI=1S/C9H17N3O8S2/c13-8(6-21(15,16)17)4-11-3-1-2-10-12(11)5-9(14)7-22(18,19)20/h1-3,8-9,13-14H,4-7H2,(H,15,16,17)(H,18,19,20). The molecule has 1 heterocycles. The Morgan fingerprint density at radius 3 is 1.95 bits per heavy atom. The summed E-state index contributed by atoms with van der Waals surface area (Å²) >= 11 is 0. The van der Waals surface area contributed by atoms with Gasteiger partial charge in [-0.25, -0.2) is 5.12 Å². The van der Waals surface area contributed by atoms with Crippen LogP contribution in [0.25, 0.3) is 0 Å². The number of hydrogen-bond donors (Lipinski definition) is 4. The molecule has 0 saturated heterocycles. The molecule has 0 bridgehead atoms. The van der Waals surface area contributed by atoms with Gasteiger partial charge in [0.1, 0.15) is 11.5 Å². The first-order valence-corrected chi connectivity index (χ1v) is 9.19. The third-order valence-corrected chi connectivity index (χ3v) is 4.03. The number of aliphatic hydroxyl groups excluding tert-OH is 2. The molecule has 22 heavy (non-hydrogen) atoms. The van der Waals surface area contributed by atoms with E-state index in [1.165, 1.54) is 23.5 Å². The van der Waals surface area contributed by atoms with Gasteiger partial charge in [0.2, 0.25) is 0 Å². The van der Waals surface area contributed by atoms with Crippen molar-refractivity contribution >= 4 is 26.5 Å². The third kappa shape index (κ3) is 7.67. The molecule has 0 spiro atoms. The van der Waals surface area contributed by atoms with Crippen molar-refractivity contribution in [2.24, 2.45) is 5.10 Å². The summed E-state index contributed by atoms with van der Waals surface area (Å²) in [5, 5.41) is 25.3. The Hall–Kier alpha value is -1.25. The molecule has 13 heteroatoms. The van der Waals surface area contributed by atoms with E-state index in [0.29, 0.717) is 0 Å². The molecule has 0 aliphatic carbocycles. The van der Waals surface area contributed by atoms with Gasteiger partial charge in [0.05, 0.1) is 31.5 Å². The maximum atomic E-state index is 10.7. The zero-order valence-corrected chi connectivity index (χ0v) is 12.9. The lowest BCUT2D eigenvalue weighted by Gasteiger charge is -2.35. The van der Waals surface area contributed by atoms with Crippen molar-refractivity contribution in [2.75, 3.05) is 24.6 Å². The quantitative estimate of drug-likeness (QED) is 0.340. The molecule has 0 saturated carbocycles. The molecule has 0 aromatic carbocycles. The number of hydrogen-bond acceptors (Lipinski definition) is 9. The van der Waals surface area contributed by atoms with Crippen LogP contribution in [0.4, 0.5) is 0 Å². The van der Waals surface area contributed by atoms with Gasteiger partial charge in [-0.15, -0.1) is 0 Å². The minimum absolute atomic E-state index is 0.272. The molecular weight excluding hydrogens is 342 g/mol. The van der Waals surface area contributed by atoms with Gasteiger partial charge in [-0.3, -0.25) is 14.1 Å².